The van der Waals surface area contributed by atoms with Gasteiger partial charge in [-0.3, -0.25) is 14.4 Å². The van der Waals surface area contributed by atoms with E-state index >= 15 is 0 Å². The summed E-state index contributed by atoms with van der Waals surface area (Å²) < 4.78 is 11.5. The molecule has 0 unspecified atom stereocenters. The maximum absolute atomic E-state index is 12.9. The van der Waals surface area contributed by atoms with E-state index in [9.17, 15) is 19.5 Å². The average Bonchev–Trinajstić information content (AvgIpc) is 3.29. The van der Waals surface area contributed by atoms with Gasteiger partial charge in [0, 0.05) is 18.8 Å². The number of hydrogen-bond donors (Lipinski definition) is 1. The summed E-state index contributed by atoms with van der Waals surface area (Å²) >= 11 is 0. The van der Waals surface area contributed by atoms with Crippen LogP contribution in [0.15, 0.2) is 11.6 Å². The first-order valence-corrected chi connectivity index (χ1v) is 10.9. The van der Waals surface area contributed by atoms with Gasteiger partial charge in [-0.1, -0.05) is 19.4 Å². The van der Waals surface area contributed by atoms with E-state index in [0.717, 1.165) is 25.7 Å². The minimum atomic E-state index is -0.708. The topological polar surface area (TPSA) is 93.2 Å². The zero-order chi connectivity index (χ0) is 20.8. The molecule has 0 aromatic heterocycles. The Labute approximate surface area is 171 Å². The van der Waals surface area contributed by atoms with Gasteiger partial charge in [0.15, 0.2) is 11.6 Å². The van der Waals surface area contributed by atoms with E-state index in [1.807, 2.05) is 6.08 Å². The van der Waals surface area contributed by atoms with Crippen LogP contribution >= 0.6 is 0 Å². The van der Waals surface area contributed by atoms with Gasteiger partial charge < -0.3 is 14.6 Å². The van der Waals surface area contributed by atoms with Crippen LogP contribution in [0, 0.1) is 28.6 Å². The van der Waals surface area contributed by atoms with E-state index in [0.29, 0.717) is 12.8 Å². The van der Waals surface area contributed by atoms with E-state index < -0.39 is 18.0 Å². The van der Waals surface area contributed by atoms with Crippen molar-refractivity contribution in [2.75, 3.05) is 6.61 Å². The maximum atomic E-state index is 12.9. The summed E-state index contributed by atoms with van der Waals surface area (Å²) in [4.78, 5) is 36.1. The molecule has 4 fully saturated rings. The third-order valence-electron chi connectivity index (χ3n) is 9.12. The number of aliphatic hydroxyl groups is 1. The first-order valence-electron chi connectivity index (χ1n) is 10.9. The lowest BCUT2D eigenvalue weighted by Crippen LogP contribution is -2.58. The Hall–Kier alpha value is -1.53. The van der Waals surface area contributed by atoms with Crippen molar-refractivity contribution in [2.45, 2.75) is 77.1 Å². The van der Waals surface area contributed by atoms with Gasteiger partial charge in [0.25, 0.3) is 0 Å². The number of fused-ring (bicyclic) bond motifs is 3. The van der Waals surface area contributed by atoms with Gasteiger partial charge in [-0.25, -0.2) is 0 Å². The van der Waals surface area contributed by atoms with Crippen molar-refractivity contribution < 1.29 is 29.0 Å². The molecule has 3 saturated carbocycles. The summed E-state index contributed by atoms with van der Waals surface area (Å²) in [7, 11) is 0. The van der Waals surface area contributed by atoms with Crippen LogP contribution in [0.3, 0.4) is 0 Å². The fourth-order valence-corrected chi connectivity index (χ4v) is 7.88. The van der Waals surface area contributed by atoms with Crippen LogP contribution < -0.4 is 0 Å². The number of Topliss-reactive ketones (excluding diaryl/α,β-unsaturated/α-hetero) is 1. The zero-order valence-electron chi connectivity index (χ0n) is 17.4. The molecule has 8 atom stereocenters. The van der Waals surface area contributed by atoms with E-state index in [-0.39, 0.29) is 52.5 Å². The molecule has 1 saturated heterocycles. The minimum Gasteiger partial charge on any atom is -0.458 e. The SMILES string of the molecule is CC(=O)OCC(=O)[C@H]1[C@H](O)C[C@H]2[C@@H]3CCC4=CC(=O)CC[C@]4(C)[C@@]34O[C@H]4C[C@@]21C. The quantitative estimate of drug-likeness (QED) is 0.575. The number of aliphatic hydroxyl groups excluding tert-OH is 1. The minimum absolute atomic E-state index is 0.0602. The molecule has 6 heteroatoms. The zero-order valence-corrected chi connectivity index (χ0v) is 17.4. The Morgan fingerprint density at radius 2 is 2.03 bits per heavy atom. The van der Waals surface area contributed by atoms with E-state index in [1.165, 1.54) is 12.5 Å². The second-order valence-electron chi connectivity index (χ2n) is 10.4. The van der Waals surface area contributed by atoms with Crippen molar-refractivity contribution in [3.05, 3.63) is 11.6 Å². The second kappa shape index (κ2) is 6.01. The highest BCUT2D eigenvalue weighted by Gasteiger charge is 2.80. The van der Waals surface area contributed by atoms with Crippen molar-refractivity contribution in [1.82, 2.24) is 0 Å². The molecule has 5 rings (SSSR count). The third kappa shape index (κ3) is 2.39. The highest BCUT2D eigenvalue weighted by atomic mass is 16.6. The normalized spacial score (nSPS) is 49.9. The molecule has 1 N–H and O–H groups in total. The molecule has 1 aliphatic heterocycles. The largest absolute Gasteiger partial charge is 0.458 e. The molecule has 0 aromatic carbocycles. The van der Waals surface area contributed by atoms with Gasteiger partial charge in [-0.2, -0.15) is 0 Å². The molecule has 1 heterocycles. The summed E-state index contributed by atoms with van der Waals surface area (Å²) in [6.45, 7) is 5.40. The van der Waals surface area contributed by atoms with Gasteiger partial charge in [0.2, 0.25) is 0 Å². The number of ketones is 2. The number of esters is 1. The molecule has 6 nitrogen and oxygen atoms in total. The Bertz CT molecular complexity index is 831. The number of epoxide rings is 1. The fourth-order valence-electron chi connectivity index (χ4n) is 7.88. The number of ether oxygens (including phenoxy) is 2. The van der Waals surface area contributed by atoms with E-state index in [2.05, 4.69) is 13.8 Å². The van der Waals surface area contributed by atoms with Crippen molar-refractivity contribution in [3.8, 4) is 0 Å². The average molecular weight is 402 g/mol. The summed E-state index contributed by atoms with van der Waals surface area (Å²) in [5, 5.41) is 10.9. The Morgan fingerprint density at radius 1 is 1.28 bits per heavy atom. The smallest absolute Gasteiger partial charge is 0.303 e. The fraction of sp³-hybridized carbons (Fsp3) is 0.783. The Morgan fingerprint density at radius 3 is 2.76 bits per heavy atom. The van der Waals surface area contributed by atoms with Crippen LogP contribution in [-0.2, 0) is 23.9 Å². The molecule has 0 bridgehead atoms. The standard InChI is InChI=1S/C23H30O6/c1-12(24)28-11-18(27)20-17(26)9-16-15-5-4-13-8-14(25)6-7-22(13,3)23(15)19(29-23)10-21(16,20)2/h8,15-17,19-20,26H,4-7,9-11H2,1-3H3/t15-,16-,17+,19-,20+,21-,22-,23+/m0/s1. The first-order chi connectivity index (χ1) is 13.6. The Balaban J connectivity index is 1.47. The van der Waals surface area contributed by atoms with Gasteiger partial charge in [-0.05, 0) is 55.4 Å². The lowest BCUT2D eigenvalue weighted by atomic mass is 9.46. The Kier molecular flexibility index (Phi) is 4.03. The number of carbonyl (C=O) groups excluding carboxylic acids is 3. The summed E-state index contributed by atoms with van der Waals surface area (Å²) in [5.41, 5.74) is 0.501. The van der Waals surface area contributed by atoms with E-state index in [4.69, 9.17) is 9.47 Å². The van der Waals surface area contributed by atoms with Crippen LogP contribution in [0.25, 0.3) is 0 Å². The lowest BCUT2D eigenvalue weighted by Gasteiger charge is -2.55. The van der Waals surface area contributed by atoms with Crippen LogP contribution in [0.2, 0.25) is 0 Å². The first kappa shape index (κ1) is 19.4. The van der Waals surface area contributed by atoms with Gasteiger partial charge in [-0.15, -0.1) is 0 Å². The van der Waals surface area contributed by atoms with Crippen LogP contribution in [0.4, 0.5) is 0 Å². The molecule has 0 aromatic rings. The number of hydrogen-bond acceptors (Lipinski definition) is 6. The molecule has 4 aliphatic carbocycles. The molecule has 158 valence electrons. The molecule has 0 amide bonds. The number of rotatable bonds is 3. The van der Waals surface area contributed by atoms with Crippen LogP contribution in [0.5, 0.6) is 0 Å². The van der Waals surface area contributed by atoms with Gasteiger partial charge >= 0.3 is 5.97 Å². The predicted octanol–water partition coefficient (Wildman–Crippen LogP) is 2.37. The highest BCUT2D eigenvalue weighted by Crippen LogP contribution is 2.75. The summed E-state index contributed by atoms with van der Waals surface area (Å²) in [6.07, 6.45) is 5.75. The summed E-state index contributed by atoms with van der Waals surface area (Å²) in [6, 6.07) is 0. The maximum Gasteiger partial charge on any atom is 0.303 e. The third-order valence-corrected chi connectivity index (χ3v) is 9.12. The van der Waals surface area contributed by atoms with Crippen molar-refractivity contribution in [1.29, 1.82) is 0 Å². The van der Waals surface area contributed by atoms with Crippen LogP contribution in [0.1, 0.15) is 59.3 Å². The second-order valence-corrected chi connectivity index (χ2v) is 10.4. The molecule has 5 aliphatic rings. The lowest BCUT2D eigenvalue weighted by molar-refractivity contribution is -0.150. The van der Waals surface area contributed by atoms with Crippen LogP contribution in [-0.4, -0.2) is 47.1 Å². The highest BCUT2D eigenvalue weighted by molar-refractivity contribution is 5.92. The van der Waals surface area contributed by atoms with Gasteiger partial charge in [0.1, 0.15) is 12.2 Å². The molecule has 1 spiro atoms. The number of carbonyl (C=O) groups is 3. The van der Waals surface area contributed by atoms with Crippen molar-refractivity contribution in [2.24, 2.45) is 28.6 Å². The monoisotopic (exact) mass is 402 g/mol. The summed E-state index contributed by atoms with van der Waals surface area (Å²) in [5.74, 6) is -0.491. The molecular formula is C23H30O6. The van der Waals surface area contributed by atoms with Gasteiger partial charge in [0.05, 0.1) is 18.1 Å². The molecule has 0 radical (unpaired) electrons. The molecule has 29 heavy (non-hydrogen) atoms. The molecular weight excluding hydrogens is 372 g/mol. The predicted molar refractivity (Wildman–Crippen MR) is 103 cm³/mol. The van der Waals surface area contributed by atoms with Crippen molar-refractivity contribution >= 4 is 17.5 Å². The van der Waals surface area contributed by atoms with Crippen molar-refractivity contribution in [3.63, 3.8) is 0 Å². The van der Waals surface area contributed by atoms with E-state index in [1.54, 1.807) is 0 Å².